The van der Waals surface area contributed by atoms with E-state index < -0.39 is 0 Å². The monoisotopic (exact) mass is 300 g/mol. The van der Waals surface area contributed by atoms with Crippen molar-refractivity contribution < 1.29 is 0 Å². The van der Waals surface area contributed by atoms with Crippen LogP contribution in [0.1, 0.15) is 16.7 Å². The third-order valence-electron chi connectivity index (χ3n) is 2.45. The molecule has 1 unspecified atom stereocenters. The van der Waals surface area contributed by atoms with Crippen molar-refractivity contribution in [3.05, 3.63) is 39.0 Å². The number of aryl methyl sites for hydroxylation is 1. The van der Waals surface area contributed by atoms with E-state index in [1.54, 1.807) is 17.5 Å². The Hall–Kier alpha value is -0.690. The minimum absolute atomic E-state index is 0.109. The van der Waals surface area contributed by atoms with E-state index in [4.69, 9.17) is 5.84 Å². The maximum atomic E-state index is 5.59. The Morgan fingerprint density at radius 2 is 2.44 bits per heavy atom. The highest BCUT2D eigenvalue weighted by Crippen LogP contribution is 2.28. The van der Waals surface area contributed by atoms with Crippen LogP contribution in [-0.2, 0) is 13.5 Å². The van der Waals surface area contributed by atoms with Crippen LogP contribution in [0.25, 0.3) is 0 Å². The molecule has 6 heteroatoms. The number of rotatable bonds is 4. The van der Waals surface area contributed by atoms with Gasteiger partial charge in [0, 0.05) is 30.7 Å². The summed E-state index contributed by atoms with van der Waals surface area (Å²) in [5, 5.41) is 0. The lowest BCUT2D eigenvalue weighted by Gasteiger charge is -2.13. The second-order valence-electron chi connectivity index (χ2n) is 3.52. The molecule has 0 amide bonds. The van der Waals surface area contributed by atoms with Crippen LogP contribution in [0.15, 0.2) is 28.3 Å². The van der Waals surface area contributed by atoms with E-state index in [0.29, 0.717) is 0 Å². The van der Waals surface area contributed by atoms with Gasteiger partial charge in [0.05, 0.1) is 9.83 Å². The van der Waals surface area contributed by atoms with E-state index in [1.165, 1.54) is 4.88 Å². The summed E-state index contributed by atoms with van der Waals surface area (Å²) in [4.78, 5) is 5.50. The number of nitrogens with zero attached hydrogens (tertiary/aromatic N) is 2. The zero-order valence-electron chi connectivity index (χ0n) is 8.85. The van der Waals surface area contributed by atoms with Crippen molar-refractivity contribution in [3.63, 3.8) is 0 Å². The van der Waals surface area contributed by atoms with Gasteiger partial charge < -0.3 is 4.57 Å². The number of hydrogen-bond donors (Lipinski definition) is 2. The summed E-state index contributed by atoms with van der Waals surface area (Å²) in [7, 11) is 1.99. The first-order chi connectivity index (χ1) is 7.70. The Kier molecular flexibility index (Phi) is 3.75. The van der Waals surface area contributed by atoms with Gasteiger partial charge in [-0.3, -0.25) is 11.3 Å². The quantitative estimate of drug-likeness (QED) is 0.671. The fourth-order valence-corrected chi connectivity index (χ4v) is 3.02. The third kappa shape index (κ3) is 2.52. The van der Waals surface area contributed by atoms with Crippen LogP contribution in [0.4, 0.5) is 0 Å². The van der Waals surface area contributed by atoms with Crippen LogP contribution >= 0.6 is 27.3 Å². The second kappa shape index (κ2) is 5.09. The molecule has 0 fully saturated rings. The highest BCUT2D eigenvalue weighted by atomic mass is 79.9. The number of nitrogens with one attached hydrogen (secondary N) is 1. The average molecular weight is 301 g/mol. The lowest BCUT2D eigenvalue weighted by atomic mass is 10.2. The van der Waals surface area contributed by atoms with E-state index in [0.717, 1.165) is 16.0 Å². The maximum absolute atomic E-state index is 5.59. The number of aromatic nitrogens is 2. The van der Waals surface area contributed by atoms with Crippen molar-refractivity contribution in [2.45, 2.75) is 12.5 Å². The Morgan fingerprint density at radius 3 is 2.94 bits per heavy atom. The van der Waals surface area contributed by atoms with Gasteiger partial charge in [-0.15, -0.1) is 11.3 Å². The van der Waals surface area contributed by atoms with Gasteiger partial charge >= 0.3 is 0 Å². The molecule has 0 spiro atoms. The van der Waals surface area contributed by atoms with Crippen LogP contribution in [0.2, 0.25) is 0 Å². The van der Waals surface area contributed by atoms with E-state index in [1.807, 2.05) is 23.9 Å². The summed E-state index contributed by atoms with van der Waals surface area (Å²) in [5.74, 6) is 6.61. The van der Waals surface area contributed by atoms with Crippen molar-refractivity contribution in [2.75, 3.05) is 0 Å². The molecular formula is C10H13BrN4S. The molecule has 2 rings (SSSR count). The normalized spacial score (nSPS) is 12.9. The molecule has 0 aliphatic heterocycles. The predicted molar refractivity (Wildman–Crippen MR) is 69.0 cm³/mol. The van der Waals surface area contributed by atoms with E-state index in [-0.39, 0.29) is 6.04 Å². The van der Waals surface area contributed by atoms with Crippen LogP contribution < -0.4 is 11.3 Å². The molecule has 0 radical (unpaired) electrons. The zero-order chi connectivity index (χ0) is 11.5. The number of nitrogens with two attached hydrogens (primary N) is 1. The predicted octanol–water partition coefficient (Wildman–Crippen LogP) is 1.99. The number of imidazole rings is 1. The minimum atomic E-state index is 0.109. The molecule has 2 aromatic heterocycles. The molecule has 0 saturated carbocycles. The SMILES string of the molecule is Cn1ccnc1CC(NN)c1ccc(Br)s1. The Labute approximate surface area is 107 Å². The summed E-state index contributed by atoms with van der Waals surface area (Å²) >= 11 is 5.14. The smallest absolute Gasteiger partial charge is 0.110 e. The first kappa shape index (κ1) is 11.8. The summed E-state index contributed by atoms with van der Waals surface area (Å²) < 4.78 is 3.12. The number of halogens is 1. The van der Waals surface area contributed by atoms with Gasteiger partial charge in [-0.1, -0.05) is 0 Å². The van der Waals surface area contributed by atoms with Crippen molar-refractivity contribution >= 4 is 27.3 Å². The summed E-state index contributed by atoms with van der Waals surface area (Å²) in [6, 6.07) is 4.21. The topological polar surface area (TPSA) is 55.9 Å². The van der Waals surface area contributed by atoms with Crippen LogP contribution in [0, 0.1) is 0 Å². The van der Waals surface area contributed by atoms with Gasteiger partial charge in [0.2, 0.25) is 0 Å². The first-order valence-corrected chi connectivity index (χ1v) is 6.49. The molecule has 1 atom stereocenters. The van der Waals surface area contributed by atoms with E-state index >= 15 is 0 Å². The van der Waals surface area contributed by atoms with E-state index in [9.17, 15) is 0 Å². The molecule has 0 bridgehead atoms. The molecule has 0 aliphatic rings. The van der Waals surface area contributed by atoms with Crippen LogP contribution in [0.3, 0.4) is 0 Å². The Morgan fingerprint density at radius 1 is 1.62 bits per heavy atom. The van der Waals surface area contributed by atoms with Gasteiger partial charge in [-0.25, -0.2) is 4.98 Å². The Balaban J connectivity index is 2.15. The van der Waals surface area contributed by atoms with Crippen molar-refractivity contribution in [3.8, 4) is 0 Å². The molecule has 3 N–H and O–H groups in total. The lowest BCUT2D eigenvalue weighted by molar-refractivity contribution is 0.538. The number of hydrogen-bond acceptors (Lipinski definition) is 4. The fourth-order valence-electron chi connectivity index (χ4n) is 1.53. The molecular weight excluding hydrogens is 288 g/mol. The van der Waals surface area contributed by atoms with Gasteiger partial charge in [0.25, 0.3) is 0 Å². The molecule has 4 nitrogen and oxygen atoms in total. The number of thiophene rings is 1. The van der Waals surface area contributed by atoms with Gasteiger partial charge in [-0.05, 0) is 28.1 Å². The highest BCUT2D eigenvalue weighted by Gasteiger charge is 2.14. The third-order valence-corrected chi connectivity index (χ3v) is 4.18. The molecule has 2 aromatic rings. The van der Waals surface area contributed by atoms with Crippen LogP contribution in [-0.4, -0.2) is 9.55 Å². The molecule has 0 aromatic carbocycles. The van der Waals surface area contributed by atoms with Crippen molar-refractivity contribution in [2.24, 2.45) is 12.9 Å². The van der Waals surface area contributed by atoms with Gasteiger partial charge in [-0.2, -0.15) is 0 Å². The zero-order valence-corrected chi connectivity index (χ0v) is 11.3. The maximum Gasteiger partial charge on any atom is 0.110 e. The number of hydrazine groups is 1. The summed E-state index contributed by atoms with van der Waals surface area (Å²) in [6.07, 6.45) is 4.52. The van der Waals surface area contributed by atoms with Crippen LogP contribution in [0.5, 0.6) is 0 Å². The Bertz CT molecular complexity index is 465. The summed E-state index contributed by atoms with van der Waals surface area (Å²) in [5.41, 5.74) is 2.83. The van der Waals surface area contributed by atoms with Gasteiger partial charge in [0.15, 0.2) is 0 Å². The standard InChI is InChI=1S/C10H13BrN4S/c1-15-5-4-13-10(15)6-7(14-12)8-2-3-9(11)16-8/h2-5,7,14H,6,12H2,1H3. The molecule has 0 saturated heterocycles. The largest absolute Gasteiger partial charge is 0.338 e. The molecule has 86 valence electrons. The first-order valence-electron chi connectivity index (χ1n) is 4.88. The molecule has 2 heterocycles. The average Bonchev–Trinajstić information content (AvgIpc) is 2.85. The highest BCUT2D eigenvalue weighted by molar-refractivity contribution is 9.11. The van der Waals surface area contributed by atoms with Crippen molar-refractivity contribution in [1.82, 2.24) is 15.0 Å². The summed E-state index contributed by atoms with van der Waals surface area (Å²) in [6.45, 7) is 0. The molecule has 16 heavy (non-hydrogen) atoms. The molecule has 0 aliphatic carbocycles. The second-order valence-corrected chi connectivity index (χ2v) is 6.01. The fraction of sp³-hybridized carbons (Fsp3) is 0.300. The van der Waals surface area contributed by atoms with Gasteiger partial charge in [0.1, 0.15) is 5.82 Å². The van der Waals surface area contributed by atoms with E-state index in [2.05, 4.69) is 32.4 Å². The lowest BCUT2D eigenvalue weighted by Crippen LogP contribution is -2.29. The minimum Gasteiger partial charge on any atom is -0.338 e. The van der Waals surface area contributed by atoms with Crippen molar-refractivity contribution in [1.29, 1.82) is 0 Å².